The number of carbonyl (C=O) groups is 1. The fourth-order valence-corrected chi connectivity index (χ4v) is 3.51. The van der Waals surface area contributed by atoms with E-state index < -0.39 is 22.7 Å². The summed E-state index contributed by atoms with van der Waals surface area (Å²) in [5.74, 6) is -1.81. The van der Waals surface area contributed by atoms with Crippen LogP contribution in [0.25, 0.3) is 0 Å². The van der Waals surface area contributed by atoms with E-state index in [4.69, 9.17) is 9.47 Å². The lowest BCUT2D eigenvalue weighted by atomic mass is 10.0. The molecule has 8 nitrogen and oxygen atoms in total. The van der Waals surface area contributed by atoms with Crippen LogP contribution in [0.2, 0.25) is 0 Å². The summed E-state index contributed by atoms with van der Waals surface area (Å²) in [5, 5.41) is 10.8. The molecule has 166 valence electrons. The van der Waals surface area contributed by atoms with E-state index in [0.717, 1.165) is 25.2 Å². The van der Waals surface area contributed by atoms with Crippen molar-refractivity contribution in [2.24, 2.45) is 0 Å². The predicted octanol–water partition coefficient (Wildman–Crippen LogP) is 3.98. The Morgan fingerprint density at radius 3 is 2.39 bits per heavy atom. The van der Waals surface area contributed by atoms with Crippen molar-refractivity contribution >= 4 is 11.8 Å². The molecule has 0 unspecified atom stereocenters. The molecular formula is C21H23F2N3O5. The van der Waals surface area contributed by atoms with Gasteiger partial charge in [-0.15, -0.1) is 0 Å². The van der Waals surface area contributed by atoms with Gasteiger partial charge in [0.25, 0.3) is 5.69 Å². The zero-order chi connectivity index (χ0) is 22.5. The first-order valence-corrected chi connectivity index (χ1v) is 9.72. The van der Waals surface area contributed by atoms with Crippen LogP contribution in [-0.2, 0) is 6.54 Å². The largest absolute Gasteiger partial charge is 0.496 e. The molecular weight excluding hydrogens is 412 g/mol. The topological polar surface area (TPSA) is 85.1 Å². The van der Waals surface area contributed by atoms with Crippen LogP contribution < -0.4 is 9.47 Å². The summed E-state index contributed by atoms with van der Waals surface area (Å²) in [7, 11) is 3.32. The van der Waals surface area contributed by atoms with Crippen molar-refractivity contribution in [2.75, 3.05) is 27.2 Å². The fraction of sp³-hybridized carbons (Fsp3) is 0.381. The third-order valence-corrected chi connectivity index (χ3v) is 5.28. The molecule has 0 bridgehead atoms. The molecule has 2 aromatic carbocycles. The zero-order valence-electron chi connectivity index (χ0n) is 17.2. The number of benzene rings is 2. The molecule has 0 N–H and O–H groups in total. The maximum absolute atomic E-state index is 13.9. The summed E-state index contributed by atoms with van der Waals surface area (Å²) in [6.07, 6.45) is 0.672. The average Bonchev–Trinajstić information content (AvgIpc) is 2.75. The van der Waals surface area contributed by atoms with E-state index in [1.165, 1.54) is 36.3 Å². The van der Waals surface area contributed by atoms with Gasteiger partial charge in [-0.05, 0) is 51.2 Å². The van der Waals surface area contributed by atoms with Crippen molar-refractivity contribution in [1.82, 2.24) is 9.80 Å². The Kier molecular flexibility index (Phi) is 7.01. The van der Waals surface area contributed by atoms with Crippen LogP contribution in [0.3, 0.4) is 0 Å². The van der Waals surface area contributed by atoms with Gasteiger partial charge in [0.15, 0.2) is 11.6 Å². The Balaban J connectivity index is 1.85. The van der Waals surface area contributed by atoms with E-state index in [-0.39, 0.29) is 29.8 Å². The number of carbonyl (C=O) groups excluding carboxylic acids is 1. The van der Waals surface area contributed by atoms with Crippen molar-refractivity contribution < 1.29 is 28.0 Å². The van der Waals surface area contributed by atoms with Gasteiger partial charge in [-0.2, -0.15) is 0 Å². The van der Waals surface area contributed by atoms with Crippen LogP contribution in [0.5, 0.6) is 11.5 Å². The molecule has 1 aliphatic rings. The number of non-ortho nitro benzene ring substituents is 1. The molecule has 0 saturated carbocycles. The standard InChI is InChI=1S/C21H23F2N3O5/c1-24-9-7-15(8-10-24)25(13-14-11-18(22)19(23)12-20(14)30-2)21(27)31-17-5-3-16(4-6-17)26(28)29/h3-6,11-12,15H,7-10,13H2,1-2H3. The molecule has 1 saturated heterocycles. The zero-order valence-corrected chi connectivity index (χ0v) is 17.2. The van der Waals surface area contributed by atoms with Gasteiger partial charge < -0.3 is 19.3 Å². The molecule has 1 aliphatic heterocycles. The fourth-order valence-electron chi connectivity index (χ4n) is 3.51. The first kappa shape index (κ1) is 22.4. The van der Waals surface area contributed by atoms with E-state index in [0.29, 0.717) is 18.4 Å². The van der Waals surface area contributed by atoms with Crippen LogP contribution in [0, 0.1) is 21.7 Å². The van der Waals surface area contributed by atoms with Crippen molar-refractivity contribution in [2.45, 2.75) is 25.4 Å². The number of likely N-dealkylation sites (tertiary alicyclic amines) is 1. The Hall–Kier alpha value is -3.27. The number of nitrogens with zero attached hydrogens (tertiary/aromatic N) is 3. The molecule has 10 heteroatoms. The Labute approximate surface area is 178 Å². The second-order valence-corrected chi connectivity index (χ2v) is 7.36. The summed E-state index contributed by atoms with van der Waals surface area (Å²) in [5.41, 5.74) is 0.180. The number of nitro groups is 1. The van der Waals surface area contributed by atoms with Crippen molar-refractivity contribution in [1.29, 1.82) is 0 Å². The first-order valence-electron chi connectivity index (χ1n) is 9.72. The van der Waals surface area contributed by atoms with Gasteiger partial charge in [0, 0.05) is 29.8 Å². The minimum absolute atomic E-state index is 0.0411. The minimum atomic E-state index is -1.04. The van der Waals surface area contributed by atoms with Crippen molar-refractivity contribution in [3.8, 4) is 11.5 Å². The lowest BCUT2D eigenvalue weighted by Crippen LogP contribution is -2.47. The van der Waals surface area contributed by atoms with E-state index in [1.807, 2.05) is 7.05 Å². The van der Waals surface area contributed by atoms with Gasteiger partial charge in [-0.1, -0.05) is 0 Å². The second-order valence-electron chi connectivity index (χ2n) is 7.36. The van der Waals surface area contributed by atoms with E-state index in [1.54, 1.807) is 0 Å². The van der Waals surface area contributed by atoms with Crippen molar-refractivity contribution in [3.63, 3.8) is 0 Å². The van der Waals surface area contributed by atoms with Crippen LogP contribution in [0.1, 0.15) is 18.4 Å². The number of methoxy groups -OCH3 is 1. The van der Waals surface area contributed by atoms with Gasteiger partial charge in [-0.25, -0.2) is 13.6 Å². The number of amides is 1. The summed E-state index contributed by atoms with van der Waals surface area (Å²) in [6.45, 7) is 1.49. The van der Waals surface area contributed by atoms with Crippen LogP contribution in [0.4, 0.5) is 19.3 Å². The summed E-state index contributed by atoms with van der Waals surface area (Å²) in [6, 6.07) is 6.91. The maximum Gasteiger partial charge on any atom is 0.415 e. The molecule has 1 heterocycles. The highest BCUT2D eigenvalue weighted by Gasteiger charge is 2.30. The lowest BCUT2D eigenvalue weighted by molar-refractivity contribution is -0.384. The second kappa shape index (κ2) is 9.69. The molecule has 2 aromatic rings. The lowest BCUT2D eigenvalue weighted by Gasteiger charge is -2.36. The molecule has 0 aromatic heterocycles. The molecule has 0 atom stereocenters. The summed E-state index contributed by atoms with van der Waals surface area (Å²) >= 11 is 0. The average molecular weight is 435 g/mol. The summed E-state index contributed by atoms with van der Waals surface area (Å²) < 4.78 is 38.1. The van der Waals surface area contributed by atoms with Gasteiger partial charge in [0.2, 0.25) is 0 Å². The number of hydrogen-bond donors (Lipinski definition) is 0. The molecule has 3 rings (SSSR count). The van der Waals surface area contributed by atoms with E-state index >= 15 is 0 Å². The smallest absolute Gasteiger partial charge is 0.415 e. The molecule has 1 fully saturated rings. The van der Waals surface area contributed by atoms with E-state index in [9.17, 15) is 23.7 Å². The minimum Gasteiger partial charge on any atom is -0.496 e. The quantitative estimate of drug-likeness (QED) is 0.504. The Bertz CT molecular complexity index is 947. The highest BCUT2D eigenvalue weighted by molar-refractivity contribution is 5.71. The molecule has 1 amide bonds. The number of piperidine rings is 1. The van der Waals surface area contributed by atoms with Crippen molar-refractivity contribution in [3.05, 3.63) is 63.7 Å². The predicted molar refractivity (Wildman–Crippen MR) is 108 cm³/mol. The van der Waals surface area contributed by atoms with Crippen LogP contribution in [-0.4, -0.2) is 54.1 Å². The van der Waals surface area contributed by atoms with Gasteiger partial charge in [-0.3, -0.25) is 10.1 Å². The van der Waals surface area contributed by atoms with Crippen LogP contribution >= 0.6 is 0 Å². The van der Waals surface area contributed by atoms with Gasteiger partial charge in [0.1, 0.15) is 11.5 Å². The third-order valence-electron chi connectivity index (χ3n) is 5.28. The number of hydrogen-bond acceptors (Lipinski definition) is 6. The number of halogens is 2. The maximum atomic E-state index is 13.9. The molecule has 0 aliphatic carbocycles. The Morgan fingerprint density at radius 2 is 1.81 bits per heavy atom. The number of nitro benzene ring substituents is 1. The van der Waals surface area contributed by atoms with Gasteiger partial charge in [0.05, 0.1) is 18.6 Å². The first-order chi connectivity index (χ1) is 14.8. The molecule has 0 spiro atoms. The number of ether oxygens (including phenoxy) is 2. The van der Waals surface area contributed by atoms with Gasteiger partial charge >= 0.3 is 6.09 Å². The van der Waals surface area contributed by atoms with Crippen LogP contribution in [0.15, 0.2) is 36.4 Å². The normalized spacial score (nSPS) is 14.8. The molecule has 0 radical (unpaired) electrons. The Morgan fingerprint density at radius 1 is 1.19 bits per heavy atom. The summed E-state index contributed by atoms with van der Waals surface area (Å²) in [4.78, 5) is 26.9. The highest BCUT2D eigenvalue weighted by atomic mass is 19.2. The third kappa shape index (κ3) is 5.46. The highest BCUT2D eigenvalue weighted by Crippen LogP contribution is 2.27. The monoisotopic (exact) mass is 435 g/mol. The number of rotatable bonds is 6. The molecule has 31 heavy (non-hydrogen) atoms. The van der Waals surface area contributed by atoms with E-state index in [2.05, 4.69) is 4.90 Å². The SMILES string of the molecule is COc1cc(F)c(F)cc1CN(C(=O)Oc1ccc([N+](=O)[O-])cc1)C1CCN(C)CC1.